The normalized spacial score (nSPS) is 13.3. The van der Waals surface area contributed by atoms with Crippen molar-refractivity contribution in [3.8, 4) is 0 Å². The molecule has 0 fully saturated rings. The maximum atomic E-state index is 12.2. The van der Waals surface area contributed by atoms with Crippen LogP contribution in [0.5, 0.6) is 0 Å². The van der Waals surface area contributed by atoms with Crippen LogP contribution in [-0.2, 0) is 20.2 Å². The van der Waals surface area contributed by atoms with Crippen LogP contribution >= 0.6 is 0 Å². The zero-order valence-electron chi connectivity index (χ0n) is 22.3. The van der Waals surface area contributed by atoms with E-state index in [2.05, 4.69) is 9.48 Å². The Hall–Kier alpha value is -2.05. The van der Waals surface area contributed by atoms with E-state index in [0.29, 0.717) is 16.7 Å². The van der Waals surface area contributed by atoms with Crippen molar-refractivity contribution in [3.63, 3.8) is 0 Å². The number of benzene rings is 2. The Morgan fingerprint density at radius 1 is 0.789 bits per heavy atom. The van der Waals surface area contributed by atoms with E-state index in [1.807, 2.05) is 52.0 Å². The zero-order chi connectivity index (χ0) is 27.4. The summed E-state index contributed by atoms with van der Waals surface area (Å²) in [5, 5.41) is 0. The van der Waals surface area contributed by atoms with Gasteiger partial charge in [0.2, 0.25) is 0 Å². The van der Waals surface area contributed by atoms with E-state index in [0.717, 1.165) is 55.8 Å². The quantitative estimate of drug-likeness (QED) is 0.250. The summed E-state index contributed by atoms with van der Waals surface area (Å²) in [6.07, 6.45) is 7.35. The van der Waals surface area contributed by atoms with Crippen LogP contribution in [0.25, 0.3) is 5.57 Å². The fraction of sp³-hybridized carbons (Fsp3) is 0.296. The first-order valence-electron chi connectivity index (χ1n) is 12.1. The molecule has 0 unspecified atom stereocenters. The predicted molar refractivity (Wildman–Crippen MR) is 143 cm³/mol. The summed E-state index contributed by atoms with van der Waals surface area (Å²) in [5.41, 5.74) is 3.24. The molecule has 0 amide bonds. The average molecular weight is 567 g/mol. The number of hydrogen-bond donors (Lipinski definition) is 0. The van der Waals surface area contributed by atoms with Gasteiger partial charge in [-0.2, -0.15) is 0 Å². The van der Waals surface area contributed by atoms with Gasteiger partial charge in [-0.15, -0.1) is 0 Å². The minimum absolute atomic E-state index is 0. The van der Waals surface area contributed by atoms with Gasteiger partial charge in [0.25, 0.3) is 0 Å². The molecule has 198 valence electrons. The fourth-order valence-corrected chi connectivity index (χ4v) is 5.57. The third-order valence-electron chi connectivity index (χ3n) is 6.35. The average Bonchev–Trinajstić information content (AvgIpc) is 2.86. The molecule has 0 saturated carbocycles. The Labute approximate surface area is 247 Å². The van der Waals surface area contributed by atoms with Crippen molar-refractivity contribution >= 4 is 37.2 Å². The number of rotatable bonds is 9. The Kier molecular flexibility index (Phi) is 11.3. The Morgan fingerprint density at radius 2 is 1.34 bits per heavy atom. The largest absolute Gasteiger partial charge is 1.00 e. The van der Waals surface area contributed by atoms with Crippen LogP contribution in [0.3, 0.4) is 0 Å². The van der Waals surface area contributed by atoms with E-state index in [4.69, 9.17) is 0 Å². The van der Waals surface area contributed by atoms with Gasteiger partial charge < -0.3 is 14.0 Å². The van der Waals surface area contributed by atoms with Gasteiger partial charge in [-0.3, -0.25) is 0 Å². The molecular formula is C27H31N2NaO6S2. The monoisotopic (exact) mass is 566 g/mol. The van der Waals surface area contributed by atoms with Gasteiger partial charge in [-0.1, -0.05) is 12.1 Å². The van der Waals surface area contributed by atoms with E-state index in [1.54, 1.807) is 24.3 Å². The van der Waals surface area contributed by atoms with Crippen LogP contribution in [0, 0.1) is 0 Å². The van der Waals surface area contributed by atoms with Crippen molar-refractivity contribution < 1.29 is 60.1 Å². The molecule has 0 bridgehead atoms. The first kappa shape index (κ1) is 32.2. The molecule has 0 heterocycles. The van der Waals surface area contributed by atoms with Crippen molar-refractivity contribution in [2.75, 3.05) is 31.1 Å². The molecule has 0 saturated heterocycles. The SMILES string of the molecule is CCN(CC)c1ccc(C(=C2C=CC(=[N+](CC)CC)C=C2)c2cc(S(=O)(=O)[O-])ccc2S(=O)(=O)[O-])cc1.[Na+]. The number of anilines is 1. The zero-order valence-corrected chi connectivity index (χ0v) is 26.0. The second-order valence-electron chi connectivity index (χ2n) is 8.38. The molecule has 0 spiro atoms. The maximum Gasteiger partial charge on any atom is 1.00 e. The summed E-state index contributed by atoms with van der Waals surface area (Å²) in [5.74, 6) is 0. The second-order valence-corrected chi connectivity index (χ2v) is 11.1. The molecular weight excluding hydrogens is 535 g/mol. The molecule has 11 heteroatoms. The molecule has 2 aromatic rings. The Morgan fingerprint density at radius 3 is 1.79 bits per heavy atom. The standard InChI is InChI=1S/C27H32N2O6S2.Na/c1-5-28(6-2)22-13-9-20(10-14-22)27(21-11-15-23(16-12-21)29(7-3)8-4)25-19-24(36(30,31)32)17-18-26(25)37(33,34)35;/h9-19H,5-8H2,1-4H3,(H-,30,31,32,33,34,35);/q;+1/p-1. The first-order valence-corrected chi connectivity index (χ1v) is 14.9. The molecule has 0 aromatic heterocycles. The van der Waals surface area contributed by atoms with E-state index in [1.165, 1.54) is 0 Å². The van der Waals surface area contributed by atoms with Gasteiger partial charge in [0.05, 0.1) is 9.79 Å². The van der Waals surface area contributed by atoms with Crippen LogP contribution in [-0.4, -0.2) is 62.4 Å². The summed E-state index contributed by atoms with van der Waals surface area (Å²) < 4.78 is 74.2. The molecule has 8 nitrogen and oxygen atoms in total. The predicted octanol–water partition coefficient (Wildman–Crippen LogP) is 0.766. The summed E-state index contributed by atoms with van der Waals surface area (Å²) in [6, 6.07) is 10.1. The topological polar surface area (TPSA) is 121 Å². The van der Waals surface area contributed by atoms with Gasteiger partial charge in [0, 0.05) is 36.5 Å². The van der Waals surface area contributed by atoms with E-state index >= 15 is 0 Å². The maximum absolute atomic E-state index is 12.2. The van der Waals surface area contributed by atoms with Crippen LogP contribution in [0.1, 0.15) is 38.8 Å². The number of hydrogen-bond acceptors (Lipinski definition) is 7. The molecule has 38 heavy (non-hydrogen) atoms. The van der Waals surface area contributed by atoms with E-state index < -0.39 is 30.0 Å². The molecule has 0 radical (unpaired) electrons. The molecule has 1 aliphatic carbocycles. The molecule has 0 atom stereocenters. The van der Waals surface area contributed by atoms with Crippen molar-refractivity contribution in [2.45, 2.75) is 37.5 Å². The molecule has 0 N–H and O–H groups in total. The van der Waals surface area contributed by atoms with Crippen molar-refractivity contribution in [1.82, 2.24) is 0 Å². The van der Waals surface area contributed by atoms with Crippen molar-refractivity contribution in [1.29, 1.82) is 0 Å². The van der Waals surface area contributed by atoms with Crippen LogP contribution in [0.2, 0.25) is 0 Å². The summed E-state index contributed by atoms with van der Waals surface area (Å²) >= 11 is 0. The van der Waals surface area contributed by atoms with Crippen molar-refractivity contribution in [3.05, 3.63) is 83.5 Å². The minimum atomic E-state index is -5.00. The van der Waals surface area contributed by atoms with Crippen LogP contribution < -0.4 is 34.5 Å². The van der Waals surface area contributed by atoms with Crippen molar-refractivity contribution in [2.24, 2.45) is 0 Å². The van der Waals surface area contributed by atoms with Crippen LogP contribution in [0.15, 0.2) is 82.1 Å². The van der Waals surface area contributed by atoms with E-state index in [9.17, 15) is 25.9 Å². The third kappa shape index (κ3) is 7.32. The Bertz CT molecular complexity index is 1480. The van der Waals surface area contributed by atoms with Gasteiger partial charge in [0.15, 0.2) is 5.71 Å². The van der Waals surface area contributed by atoms with Gasteiger partial charge in [-0.25, -0.2) is 21.4 Å². The Balaban J connectivity index is 0.00000507. The van der Waals surface area contributed by atoms with Gasteiger partial charge in [0.1, 0.15) is 33.3 Å². The minimum Gasteiger partial charge on any atom is -0.744 e. The summed E-state index contributed by atoms with van der Waals surface area (Å²) in [6.45, 7) is 11.3. The smallest absolute Gasteiger partial charge is 0.744 e. The molecule has 0 aliphatic heterocycles. The number of nitrogens with zero attached hydrogens (tertiary/aromatic N) is 2. The molecule has 3 rings (SSSR count). The third-order valence-corrected chi connectivity index (χ3v) is 8.07. The summed E-state index contributed by atoms with van der Waals surface area (Å²) in [7, 11) is -9.91. The van der Waals surface area contributed by atoms with Gasteiger partial charge >= 0.3 is 29.6 Å². The van der Waals surface area contributed by atoms with E-state index in [-0.39, 0.29) is 35.1 Å². The molecule has 2 aromatic carbocycles. The summed E-state index contributed by atoms with van der Waals surface area (Å²) in [4.78, 5) is 0.919. The fourth-order valence-electron chi connectivity index (χ4n) is 4.41. The van der Waals surface area contributed by atoms with Crippen LogP contribution in [0.4, 0.5) is 5.69 Å². The molecule has 1 aliphatic rings. The second kappa shape index (κ2) is 13.3. The first-order chi connectivity index (χ1) is 17.4. The number of allylic oxidation sites excluding steroid dienone is 5. The van der Waals surface area contributed by atoms with Gasteiger partial charge in [-0.05, 0) is 86.9 Å².